The van der Waals surface area contributed by atoms with Crippen LogP contribution in [0.5, 0.6) is 0 Å². The number of aromatic amines is 2. The molecule has 0 spiro atoms. The second kappa shape index (κ2) is 3.72. The number of hydrogen-bond acceptors (Lipinski definition) is 1. The third-order valence-electron chi connectivity index (χ3n) is 2.45. The molecule has 0 atom stereocenters. The summed E-state index contributed by atoms with van der Waals surface area (Å²) in [7, 11) is 0. The Kier molecular flexibility index (Phi) is 2.41. The fourth-order valence-corrected chi connectivity index (χ4v) is 1.66. The number of hydrogen-bond donors (Lipinski definition) is 3. The van der Waals surface area contributed by atoms with Crippen molar-refractivity contribution in [1.29, 1.82) is 0 Å². The van der Waals surface area contributed by atoms with E-state index in [-0.39, 0.29) is 0 Å². The summed E-state index contributed by atoms with van der Waals surface area (Å²) in [6, 6.07) is 4.23. The average Bonchev–Trinajstić information content (AvgIpc) is 2.76. The van der Waals surface area contributed by atoms with E-state index in [4.69, 9.17) is 5.73 Å². The lowest BCUT2D eigenvalue weighted by Gasteiger charge is -1.93. The minimum Gasteiger partial charge on any atom is -0.367 e. The lowest BCUT2D eigenvalue weighted by atomic mass is 10.1. The molecule has 2 heterocycles. The van der Waals surface area contributed by atoms with Crippen molar-refractivity contribution in [3.05, 3.63) is 35.8 Å². The van der Waals surface area contributed by atoms with Gasteiger partial charge in [0.1, 0.15) is 0 Å². The van der Waals surface area contributed by atoms with Crippen molar-refractivity contribution >= 4 is 0 Å². The van der Waals surface area contributed by atoms with Gasteiger partial charge >= 0.3 is 0 Å². The van der Waals surface area contributed by atoms with Crippen LogP contribution in [0.25, 0.3) is 11.3 Å². The van der Waals surface area contributed by atoms with Crippen molar-refractivity contribution in [1.82, 2.24) is 9.97 Å². The van der Waals surface area contributed by atoms with Crippen LogP contribution in [0.2, 0.25) is 0 Å². The van der Waals surface area contributed by atoms with Crippen LogP contribution in [-0.2, 0) is 6.42 Å². The van der Waals surface area contributed by atoms with Crippen molar-refractivity contribution in [2.75, 3.05) is 6.54 Å². The molecule has 0 amide bonds. The average molecular weight is 189 g/mol. The molecule has 14 heavy (non-hydrogen) atoms. The third kappa shape index (κ3) is 1.59. The first-order valence-corrected chi connectivity index (χ1v) is 4.83. The van der Waals surface area contributed by atoms with Crippen LogP contribution in [0.1, 0.15) is 11.3 Å². The van der Waals surface area contributed by atoms with Gasteiger partial charge in [-0.3, -0.25) is 0 Å². The first kappa shape index (κ1) is 9.09. The normalized spacial score (nSPS) is 10.7. The molecule has 3 nitrogen and oxygen atoms in total. The second-order valence-electron chi connectivity index (χ2n) is 3.47. The van der Waals surface area contributed by atoms with Crippen LogP contribution < -0.4 is 5.73 Å². The first-order valence-electron chi connectivity index (χ1n) is 4.83. The Morgan fingerprint density at radius 3 is 2.93 bits per heavy atom. The summed E-state index contributed by atoms with van der Waals surface area (Å²) in [5, 5.41) is 0. The number of aryl methyl sites for hydroxylation is 1. The van der Waals surface area contributed by atoms with Gasteiger partial charge in [0.15, 0.2) is 0 Å². The summed E-state index contributed by atoms with van der Waals surface area (Å²) >= 11 is 0. The summed E-state index contributed by atoms with van der Waals surface area (Å²) in [6.45, 7) is 2.78. The third-order valence-corrected chi connectivity index (χ3v) is 2.45. The Bertz CT molecular complexity index is 398. The maximum absolute atomic E-state index is 5.54. The van der Waals surface area contributed by atoms with E-state index in [1.165, 1.54) is 16.8 Å². The molecular formula is C11H15N3. The molecule has 2 aromatic rings. The van der Waals surface area contributed by atoms with Gasteiger partial charge in [-0.15, -0.1) is 0 Å². The van der Waals surface area contributed by atoms with Gasteiger partial charge in [-0.05, 0) is 37.6 Å². The van der Waals surface area contributed by atoms with Crippen molar-refractivity contribution in [2.45, 2.75) is 13.3 Å². The van der Waals surface area contributed by atoms with E-state index in [1.807, 2.05) is 12.4 Å². The van der Waals surface area contributed by atoms with E-state index < -0.39 is 0 Å². The SMILES string of the molecule is Cc1[nH]c(-c2cc[nH]c2)cc1CCN. The predicted octanol–water partition coefficient (Wildman–Crippen LogP) is 1.82. The van der Waals surface area contributed by atoms with Gasteiger partial charge in [0.05, 0.1) is 0 Å². The molecule has 0 radical (unpaired) electrons. The van der Waals surface area contributed by atoms with Crippen LogP contribution >= 0.6 is 0 Å². The molecule has 0 saturated heterocycles. The van der Waals surface area contributed by atoms with E-state index >= 15 is 0 Å². The molecule has 0 unspecified atom stereocenters. The zero-order valence-corrected chi connectivity index (χ0v) is 8.30. The molecule has 0 aliphatic carbocycles. The summed E-state index contributed by atoms with van der Waals surface area (Å²) in [4.78, 5) is 6.40. The topological polar surface area (TPSA) is 57.6 Å². The summed E-state index contributed by atoms with van der Waals surface area (Å²) in [6.07, 6.45) is 4.85. The highest BCUT2D eigenvalue weighted by atomic mass is 14.7. The fraction of sp³-hybridized carbons (Fsp3) is 0.273. The minimum atomic E-state index is 0.700. The summed E-state index contributed by atoms with van der Waals surface area (Å²) < 4.78 is 0. The van der Waals surface area contributed by atoms with Gasteiger partial charge in [0.25, 0.3) is 0 Å². The smallest absolute Gasteiger partial charge is 0.0474 e. The second-order valence-corrected chi connectivity index (χ2v) is 3.47. The molecule has 0 aromatic carbocycles. The predicted molar refractivity (Wildman–Crippen MR) is 58.1 cm³/mol. The highest BCUT2D eigenvalue weighted by Crippen LogP contribution is 2.21. The van der Waals surface area contributed by atoms with Crippen molar-refractivity contribution in [3.63, 3.8) is 0 Å². The van der Waals surface area contributed by atoms with Gasteiger partial charge in [-0.1, -0.05) is 0 Å². The van der Waals surface area contributed by atoms with Crippen LogP contribution in [0.4, 0.5) is 0 Å². The maximum atomic E-state index is 5.54. The van der Waals surface area contributed by atoms with E-state index in [2.05, 4.69) is 29.0 Å². The van der Waals surface area contributed by atoms with Crippen molar-refractivity contribution < 1.29 is 0 Å². The van der Waals surface area contributed by atoms with Gasteiger partial charge in [-0.25, -0.2) is 0 Å². The lowest BCUT2D eigenvalue weighted by Crippen LogP contribution is -2.02. The van der Waals surface area contributed by atoms with Crippen LogP contribution in [0.3, 0.4) is 0 Å². The van der Waals surface area contributed by atoms with E-state index in [9.17, 15) is 0 Å². The van der Waals surface area contributed by atoms with Crippen LogP contribution in [0, 0.1) is 6.92 Å². The lowest BCUT2D eigenvalue weighted by molar-refractivity contribution is 0.957. The largest absolute Gasteiger partial charge is 0.367 e. The van der Waals surface area contributed by atoms with E-state index in [0.717, 1.165) is 12.1 Å². The summed E-state index contributed by atoms with van der Waals surface area (Å²) in [5.74, 6) is 0. The van der Waals surface area contributed by atoms with Crippen LogP contribution in [0.15, 0.2) is 24.5 Å². The molecule has 74 valence electrons. The Labute approximate surface area is 83.3 Å². The maximum Gasteiger partial charge on any atom is 0.0474 e. The quantitative estimate of drug-likeness (QED) is 0.677. The number of rotatable bonds is 3. The van der Waals surface area contributed by atoms with Gasteiger partial charge < -0.3 is 15.7 Å². The molecule has 0 fully saturated rings. The number of H-pyrrole nitrogens is 2. The van der Waals surface area contributed by atoms with Crippen LogP contribution in [-0.4, -0.2) is 16.5 Å². The van der Waals surface area contributed by atoms with Gasteiger partial charge in [0.2, 0.25) is 0 Å². The highest BCUT2D eigenvalue weighted by Gasteiger charge is 2.05. The molecule has 3 heteroatoms. The molecule has 4 N–H and O–H groups in total. The molecule has 0 saturated carbocycles. The van der Waals surface area contributed by atoms with Gasteiger partial charge in [-0.2, -0.15) is 0 Å². The first-order chi connectivity index (χ1) is 6.81. The molecule has 0 aliphatic heterocycles. The van der Waals surface area contributed by atoms with Crippen molar-refractivity contribution in [3.8, 4) is 11.3 Å². The standard InChI is InChI=1S/C11H15N3/c1-8-9(2-4-12)6-11(14-8)10-3-5-13-7-10/h3,5-7,13-14H,2,4,12H2,1H3. The molecule has 2 rings (SSSR count). The van der Waals surface area contributed by atoms with E-state index in [1.54, 1.807) is 0 Å². The van der Waals surface area contributed by atoms with E-state index in [0.29, 0.717) is 6.54 Å². The Hall–Kier alpha value is -1.48. The minimum absolute atomic E-state index is 0.700. The monoisotopic (exact) mass is 189 g/mol. The Balaban J connectivity index is 2.33. The highest BCUT2D eigenvalue weighted by molar-refractivity contribution is 5.60. The number of nitrogens with two attached hydrogens (primary N) is 1. The zero-order chi connectivity index (χ0) is 9.97. The Morgan fingerprint density at radius 1 is 1.43 bits per heavy atom. The molecule has 0 aliphatic rings. The van der Waals surface area contributed by atoms with Crippen molar-refractivity contribution in [2.24, 2.45) is 5.73 Å². The molecule has 2 aromatic heterocycles. The Morgan fingerprint density at radius 2 is 2.29 bits per heavy atom. The number of aromatic nitrogens is 2. The zero-order valence-electron chi connectivity index (χ0n) is 8.30. The van der Waals surface area contributed by atoms with Gasteiger partial charge in [0, 0.05) is 29.3 Å². The molecular weight excluding hydrogens is 174 g/mol. The fourth-order valence-electron chi connectivity index (χ4n) is 1.66. The molecule has 0 bridgehead atoms. The number of nitrogens with one attached hydrogen (secondary N) is 2. The summed E-state index contributed by atoms with van der Waals surface area (Å²) in [5.41, 5.74) is 10.4.